The predicted octanol–water partition coefficient (Wildman–Crippen LogP) is 4.40. The van der Waals surface area contributed by atoms with Gasteiger partial charge in [-0.25, -0.2) is 15.4 Å². The van der Waals surface area contributed by atoms with Crippen LogP contribution in [0.4, 0.5) is 11.5 Å². The van der Waals surface area contributed by atoms with Crippen LogP contribution in [0.25, 0.3) is 10.9 Å². The minimum absolute atomic E-state index is 0.334. The molecule has 0 saturated heterocycles. The molecule has 7 heteroatoms. The van der Waals surface area contributed by atoms with Crippen LogP contribution in [0.15, 0.2) is 48.5 Å². The number of hydrogen-bond acceptors (Lipinski definition) is 6. The normalized spacial score (nSPS) is 10.8. The van der Waals surface area contributed by atoms with Crippen molar-refractivity contribution in [3.63, 3.8) is 0 Å². The van der Waals surface area contributed by atoms with Gasteiger partial charge in [-0.3, -0.25) is 10.0 Å². The number of anilines is 2. The van der Waals surface area contributed by atoms with Gasteiger partial charge in [-0.2, -0.15) is 0 Å². The summed E-state index contributed by atoms with van der Waals surface area (Å²) in [5, 5.41) is 9.53. The van der Waals surface area contributed by atoms with Crippen molar-refractivity contribution in [1.82, 2.24) is 15.4 Å². The minimum atomic E-state index is -0.334. The summed E-state index contributed by atoms with van der Waals surface area (Å²) in [5.41, 5.74) is 3.61. The molecule has 7 nitrogen and oxygen atoms in total. The summed E-state index contributed by atoms with van der Waals surface area (Å²) in [5.74, 6) is 2.17. The maximum absolute atomic E-state index is 11.1. The highest BCUT2D eigenvalue weighted by atomic mass is 16.5. The standard InChI is InChI=1S/C23H28N4O3/c1-27(17-13-15-18(30-2)16-14-17)23-19-9-7-8-10-20(19)24-21(25-23)11-5-3-4-6-12-22(28)26-29/h7-10,13-16,29H,3-6,11-12H2,1-2H3,(H,26,28). The first kappa shape index (κ1) is 21.5. The lowest BCUT2D eigenvalue weighted by atomic mass is 10.1. The Bertz CT molecular complexity index is 976. The average Bonchev–Trinajstić information content (AvgIpc) is 2.80. The van der Waals surface area contributed by atoms with Crippen LogP contribution in [0, 0.1) is 0 Å². The number of benzene rings is 2. The third kappa shape index (κ3) is 5.45. The number of ether oxygens (including phenoxy) is 1. The van der Waals surface area contributed by atoms with Crippen LogP contribution in [0.2, 0.25) is 0 Å². The van der Waals surface area contributed by atoms with Crippen molar-refractivity contribution in [3.05, 3.63) is 54.4 Å². The van der Waals surface area contributed by atoms with E-state index in [4.69, 9.17) is 19.9 Å². The summed E-state index contributed by atoms with van der Waals surface area (Å²) in [6, 6.07) is 15.9. The van der Waals surface area contributed by atoms with Crippen LogP contribution < -0.4 is 15.1 Å². The number of unbranched alkanes of at least 4 members (excludes halogenated alkanes) is 3. The molecular formula is C23H28N4O3. The Morgan fingerprint density at radius 1 is 1.03 bits per heavy atom. The van der Waals surface area contributed by atoms with Crippen LogP contribution >= 0.6 is 0 Å². The Morgan fingerprint density at radius 2 is 1.77 bits per heavy atom. The van der Waals surface area contributed by atoms with Gasteiger partial charge in [0.25, 0.3) is 0 Å². The fourth-order valence-electron chi connectivity index (χ4n) is 3.38. The molecule has 0 aliphatic heterocycles. The predicted molar refractivity (Wildman–Crippen MR) is 117 cm³/mol. The van der Waals surface area contributed by atoms with Gasteiger partial charge in [0, 0.05) is 31.0 Å². The maximum atomic E-state index is 11.1. The van der Waals surface area contributed by atoms with E-state index < -0.39 is 0 Å². The molecule has 1 aromatic heterocycles. The van der Waals surface area contributed by atoms with Gasteiger partial charge in [-0.1, -0.05) is 25.0 Å². The molecule has 3 aromatic rings. The van der Waals surface area contributed by atoms with Crippen LogP contribution in [0.3, 0.4) is 0 Å². The molecule has 0 fully saturated rings. The number of carbonyl (C=O) groups excluding carboxylic acids is 1. The van der Waals surface area contributed by atoms with Crippen molar-refractivity contribution in [2.24, 2.45) is 0 Å². The van der Waals surface area contributed by atoms with Crippen LogP contribution in [0.5, 0.6) is 5.75 Å². The largest absolute Gasteiger partial charge is 0.497 e. The summed E-state index contributed by atoms with van der Waals surface area (Å²) in [7, 11) is 3.66. The van der Waals surface area contributed by atoms with Gasteiger partial charge in [0.05, 0.1) is 12.6 Å². The molecular weight excluding hydrogens is 380 g/mol. The topological polar surface area (TPSA) is 87.6 Å². The smallest absolute Gasteiger partial charge is 0.243 e. The number of hydroxylamine groups is 1. The Hall–Kier alpha value is -3.19. The highest BCUT2D eigenvalue weighted by Gasteiger charge is 2.13. The number of aromatic nitrogens is 2. The van der Waals surface area contributed by atoms with E-state index in [-0.39, 0.29) is 5.91 Å². The van der Waals surface area contributed by atoms with Gasteiger partial charge in [0.15, 0.2) is 0 Å². The zero-order chi connectivity index (χ0) is 21.3. The van der Waals surface area contributed by atoms with Crippen molar-refractivity contribution >= 4 is 28.3 Å². The first-order valence-corrected chi connectivity index (χ1v) is 10.2. The van der Waals surface area contributed by atoms with Crippen molar-refractivity contribution in [2.45, 2.75) is 38.5 Å². The zero-order valence-electron chi connectivity index (χ0n) is 17.5. The van der Waals surface area contributed by atoms with Gasteiger partial charge in [0.2, 0.25) is 5.91 Å². The maximum Gasteiger partial charge on any atom is 0.243 e. The Morgan fingerprint density at radius 3 is 2.50 bits per heavy atom. The average molecular weight is 409 g/mol. The molecule has 158 valence electrons. The number of aryl methyl sites for hydroxylation is 1. The molecule has 0 atom stereocenters. The monoisotopic (exact) mass is 408 g/mol. The molecule has 1 amide bonds. The van der Waals surface area contributed by atoms with E-state index in [0.717, 1.165) is 66.1 Å². The Balaban J connectivity index is 1.73. The van der Waals surface area contributed by atoms with E-state index in [1.54, 1.807) is 12.6 Å². The Kier molecular flexibility index (Phi) is 7.57. The fraction of sp³-hybridized carbons (Fsp3) is 0.348. The van der Waals surface area contributed by atoms with Crippen molar-refractivity contribution < 1.29 is 14.7 Å². The van der Waals surface area contributed by atoms with E-state index in [9.17, 15) is 4.79 Å². The second kappa shape index (κ2) is 10.5. The van der Waals surface area contributed by atoms with Crippen LogP contribution in [-0.2, 0) is 11.2 Å². The van der Waals surface area contributed by atoms with Crippen molar-refractivity contribution in [3.8, 4) is 5.75 Å². The van der Waals surface area contributed by atoms with E-state index in [2.05, 4.69) is 4.90 Å². The van der Waals surface area contributed by atoms with Gasteiger partial charge < -0.3 is 9.64 Å². The van der Waals surface area contributed by atoms with Gasteiger partial charge >= 0.3 is 0 Å². The third-order valence-electron chi connectivity index (χ3n) is 5.09. The number of fused-ring (bicyclic) bond motifs is 1. The number of carbonyl (C=O) groups is 1. The lowest BCUT2D eigenvalue weighted by Crippen LogP contribution is -2.17. The van der Waals surface area contributed by atoms with Crippen molar-refractivity contribution in [1.29, 1.82) is 0 Å². The van der Waals surface area contributed by atoms with Crippen molar-refractivity contribution in [2.75, 3.05) is 19.1 Å². The summed E-state index contributed by atoms with van der Waals surface area (Å²) < 4.78 is 5.26. The SMILES string of the molecule is COc1ccc(N(C)c2nc(CCCCCCC(=O)NO)nc3ccccc23)cc1. The molecule has 2 aromatic carbocycles. The third-order valence-corrected chi connectivity index (χ3v) is 5.09. The number of nitrogens with one attached hydrogen (secondary N) is 1. The molecule has 0 radical (unpaired) electrons. The van der Waals surface area contributed by atoms with Crippen LogP contribution in [-0.4, -0.2) is 35.2 Å². The van der Waals surface area contributed by atoms with Gasteiger partial charge in [-0.15, -0.1) is 0 Å². The fourth-order valence-corrected chi connectivity index (χ4v) is 3.38. The second-order valence-electron chi connectivity index (χ2n) is 7.19. The van der Waals surface area contributed by atoms with E-state index >= 15 is 0 Å². The quantitative estimate of drug-likeness (QED) is 0.294. The molecule has 0 saturated carbocycles. The first-order valence-electron chi connectivity index (χ1n) is 10.2. The molecule has 2 N–H and O–H groups in total. The highest BCUT2D eigenvalue weighted by molar-refractivity contribution is 5.91. The number of nitrogens with zero attached hydrogens (tertiary/aromatic N) is 3. The number of rotatable bonds is 10. The lowest BCUT2D eigenvalue weighted by Gasteiger charge is -2.21. The molecule has 0 unspecified atom stereocenters. The minimum Gasteiger partial charge on any atom is -0.497 e. The number of amides is 1. The summed E-state index contributed by atoms with van der Waals surface area (Å²) in [6.07, 6.45) is 4.75. The number of hydrogen-bond donors (Lipinski definition) is 2. The molecule has 3 rings (SSSR count). The number of para-hydroxylation sites is 1. The molecule has 0 aliphatic rings. The van der Waals surface area contributed by atoms with Gasteiger partial charge in [0.1, 0.15) is 17.4 Å². The van der Waals surface area contributed by atoms with E-state index in [0.29, 0.717) is 6.42 Å². The summed E-state index contributed by atoms with van der Waals surface area (Å²) >= 11 is 0. The van der Waals surface area contributed by atoms with Gasteiger partial charge in [-0.05, 0) is 49.2 Å². The zero-order valence-corrected chi connectivity index (χ0v) is 17.5. The lowest BCUT2D eigenvalue weighted by molar-refractivity contribution is -0.129. The molecule has 30 heavy (non-hydrogen) atoms. The second-order valence-corrected chi connectivity index (χ2v) is 7.19. The molecule has 1 heterocycles. The molecule has 0 aliphatic carbocycles. The van der Waals surface area contributed by atoms with E-state index in [1.165, 1.54) is 0 Å². The van der Waals surface area contributed by atoms with E-state index in [1.807, 2.05) is 55.6 Å². The molecule has 0 spiro atoms. The molecule has 0 bridgehead atoms. The first-order chi connectivity index (χ1) is 14.6. The number of methoxy groups -OCH3 is 1. The Labute approximate surface area is 176 Å². The summed E-state index contributed by atoms with van der Waals surface area (Å²) in [6.45, 7) is 0. The highest BCUT2D eigenvalue weighted by Crippen LogP contribution is 2.30. The summed E-state index contributed by atoms with van der Waals surface area (Å²) in [4.78, 5) is 22.7. The van der Waals surface area contributed by atoms with Crippen LogP contribution in [0.1, 0.15) is 37.9 Å².